The Bertz CT molecular complexity index is 525. The van der Waals surface area contributed by atoms with Gasteiger partial charge in [-0.2, -0.15) is 0 Å². The van der Waals surface area contributed by atoms with E-state index in [-0.39, 0.29) is 5.75 Å². The number of hydrogen-bond acceptors (Lipinski definition) is 2. The third-order valence-corrected chi connectivity index (χ3v) is 2.72. The Kier molecular flexibility index (Phi) is 3.95. The van der Waals surface area contributed by atoms with Crippen molar-refractivity contribution in [2.45, 2.75) is 19.4 Å². The Morgan fingerprint density at radius 2 is 1.67 bits per heavy atom. The second-order valence-corrected chi connectivity index (χ2v) is 3.99. The summed E-state index contributed by atoms with van der Waals surface area (Å²) < 4.78 is 19.0. The van der Waals surface area contributed by atoms with Crippen molar-refractivity contribution >= 4 is 0 Å². The molecule has 0 radical (unpaired) electrons. The summed E-state index contributed by atoms with van der Waals surface area (Å²) >= 11 is 0. The zero-order chi connectivity index (χ0) is 13.0. The number of para-hydroxylation sites is 2. The molecule has 94 valence electrons. The zero-order valence-corrected chi connectivity index (χ0v) is 10.1. The molecule has 0 amide bonds. The lowest BCUT2D eigenvalue weighted by Gasteiger charge is -2.14. The minimum Gasteiger partial charge on any atom is -0.454 e. The summed E-state index contributed by atoms with van der Waals surface area (Å²) in [4.78, 5) is 0. The van der Waals surface area contributed by atoms with Gasteiger partial charge in [-0.15, -0.1) is 0 Å². The Hall–Kier alpha value is -1.87. The molecule has 0 bridgehead atoms. The van der Waals surface area contributed by atoms with Gasteiger partial charge < -0.3 is 9.84 Å². The van der Waals surface area contributed by atoms with Crippen LogP contribution in [0.15, 0.2) is 48.5 Å². The van der Waals surface area contributed by atoms with E-state index in [1.807, 2.05) is 13.0 Å². The third-order valence-electron chi connectivity index (χ3n) is 2.72. The highest BCUT2D eigenvalue weighted by atomic mass is 19.1. The summed E-state index contributed by atoms with van der Waals surface area (Å²) in [7, 11) is 0. The van der Waals surface area contributed by atoms with E-state index in [1.54, 1.807) is 36.4 Å². The highest BCUT2D eigenvalue weighted by Crippen LogP contribution is 2.31. The first-order chi connectivity index (χ1) is 8.72. The van der Waals surface area contributed by atoms with E-state index in [2.05, 4.69) is 0 Å². The number of hydrogen-bond donors (Lipinski definition) is 1. The van der Waals surface area contributed by atoms with Gasteiger partial charge in [-0.25, -0.2) is 4.39 Å². The highest BCUT2D eigenvalue weighted by Gasteiger charge is 2.12. The maximum atomic E-state index is 13.5. The summed E-state index contributed by atoms with van der Waals surface area (Å²) in [5.74, 6) is 0.225. The van der Waals surface area contributed by atoms with Crippen LogP contribution in [0.4, 0.5) is 4.39 Å². The van der Waals surface area contributed by atoms with Crippen molar-refractivity contribution in [3.05, 3.63) is 59.9 Å². The van der Waals surface area contributed by atoms with E-state index in [0.717, 1.165) is 0 Å². The van der Waals surface area contributed by atoms with Crippen molar-refractivity contribution in [2.75, 3.05) is 0 Å². The van der Waals surface area contributed by atoms with Crippen LogP contribution in [0, 0.1) is 5.82 Å². The monoisotopic (exact) mass is 246 g/mol. The van der Waals surface area contributed by atoms with Crippen LogP contribution < -0.4 is 4.74 Å². The van der Waals surface area contributed by atoms with Crippen LogP contribution in [0.2, 0.25) is 0 Å². The van der Waals surface area contributed by atoms with E-state index in [9.17, 15) is 9.50 Å². The molecule has 0 fully saturated rings. The van der Waals surface area contributed by atoms with Gasteiger partial charge in [-0.1, -0.05) is 37.3 Å². The molecule has 0 spiro atoms. The standard InChI is InChI=1S/C15H15FO2/c1-2-13(17)11-7-3-5-9-14(11)18-15-10-6-4-8-12(15)16/h3-10,13,17H,2H2,1H3/t13-/m0/s1. The quantitative estimate of drug-likeness (QED) is 0.881. The first-order valence-electron chi connectivity index (χ1n) is 5.91. The first kappa shape index (κ1) is 12.6. The molecule has 0 aliphatic heterocycles. The summed E-state index contributed by atoms with van der Waals surface area (Å²) in [5, 5.41) is 9.88. The van der Waals surface area contributed by atoms with Crippen molar-refractivity contribution in [3.63, 3.8) is 0 Å². The molecule has 2 aromatic rings. The Balaban J connectivity index is 2.32. The van der Waals surface area contributed by atoms with Crippen molar-refractivity contribution in [3.8, 4) is 11.5 Å². The molecular weight excluding hydrogens is 231 g/mol. The molecule has 0 unspecified atom stereocenters. The average molecular weight is 246 g/mol. The molecule has 0 heterocycles. The maximum absolute atomic E-state index is 13.5. The molecule has 1 atom stereocenters. The highest BCUT2D eigenvalue weighted by molar-refractivity contribution is 5.39. The van der Waals surface area contributed by atoms with Crippen molar-refractivity contribution < 1.29 is 14.2 Å². The average Bonchev–Trinajstić information content (AvgIpc) is 2.41. The lowest BCUT2D eigenvalue weighted by molar-refractivity contribution is 0.170. The summed E-state index contributed by atoms with van der Waals surface area (Å²) in [6.45, 7) is 1.88. The zero-order valence-electron chi connectivity index (χ0n) is 10.1. The van der Waals surface area contributed by atoms with E-state index in [1.165, 1.54) is 6.07 Å². The smallest absolute Gasteiger partial charge is 0.165 e. The fourth-order valence-electron chi connectivity index (χ4n) is 1.71. The number of aliphatic hydroxyl groups excluding tert-OH is 1. The molecule has 0 saturated heterocycles. The molecule has 3 heteroatoms. The van der Waals surface area contributed by atoms with Crippen LogP contribution in [-0.2, 0) is 0 Å². The molecule has 2 aromatic carbocycles. The van der Waals surface area contributed by atoms with Crippen LogP contribution in [0.5, 0.6) is 11.5 Å². The SMILES string of the molecule is CC[C@H](O)c1ccccc1Oc1ccccc1F. The van der Waals surface area contributed by atoms with Gasteiger partial charge in [0.05, 0.1) is 6.10 Å². The summed E-state index contributed by atoms with van der Waals surface area (Å²) in [5.41, 5.74) is 0.670. The van der Waals surface area contributed by atoms with Crippen molar-refractivity contribution in [1.82, 2.24) is 0 Å². The molecule has 2 rings (SSSR count). The summed E-state index contributed by atoms with van der Waals surface area (Å²) in [6.07, 6.45) is -0.0227. The fourth-order valence-corrected chi connectivity index (χ4v) is 1.71. The number of rotatable bonds is 4. The topological polar surface area (TPSA) is 29.5 Å². The number of halogens is 1. The van der Waals surface area contributed by atoms with Crippen molar-refractivity contribution in [1.29, 1.82) is 0 Å². The Labute approximate surface area is 106 Å². The molecule has 0 aliphatic carbocycles. The summed E-state index contributed by atoms with van der Waals surface area (Å²) in [6, 6.07) is 13.3. The molecule has 1 N–H and O–H groups in total. The molecule has 2 nitrogen and oxygen atoms in total. The predicted molar refractivity (Wildman–Crippen MR) is 68.2 cm³/mol. The second kappa shape index (κ2) is 5.65. The predicted octanol–water partition coefficient (Wildman–Crippen LogP) is 4.06. The minimum atomic E-state index is -0.604. The number of ether oxygens (including phenoxy) is 1. The van der Waals surface area contributed by atoms with Crippen LogP contribution in [0.1, 0.15) is 25.0 Å². The van der Waals surface area contributed by atoms with Gasteiger partial charge >= 0.3 is 0 Å². The molecular formula is C15H15FO2. The van der Waals surface area contributed by atoms with Gasteiger partial charge in [-0.3, -0.25) is 0 Å². The van der Waals surface area contributed by atoms with Crippen LogP contribution >= 0.6 is 0 Å². The molecule has 18 heavy (non-hydrogen) atoms. The van der Waals surface area contributed by atoms with Gasteiger partial charge in [-0.05, 0) is 24.6 Å². The Morgan fingerprint density at radius 3 is 2.33 bits per heavy atom. The van der Waals surface area contributed by atoms with Gasteiger partial charge in [0.25, 0.3) is 0 Å². The molecule has 0 aromatic heterocycles. The third kappa shape index (κ3) is 2.68. The van der Waals surface area contributed by atoms with Gasteiger partial charge in [0, 0.05) is 5.56 Å². The second-order valence-electron chi connectivity index (χ2n) is 3.99. The van der Waals surface area contributed by atoms with Crippen molar-refractivity contribution in [2.24, 2.45) is 0 Å². The largest absolute Gasteiger partial charge is 0.454 e. The molecule has 0 aliphatic rings. The van der Waals surface area contributed by atoms with Crippen LogP contribution in [0.25, 0.3) is 0 Å². The molecule has 0 saturated carbocycles. The minimum absolute atomic E-state index is 0.160. The fraction of sp³-hybridized carbons (Fsp3) is 0.200. The van der Waals surface area contributed by atoms with Gasteiger partial charge in [0.15, 0.2) is 11.6 Å². The maximum Gasteiger partial charge on any atom is 0.165 e. The van der Waals surface area contributed by atoms with E-state index >= 15 is 0 Å². The lowest BCUT2D eigenvalue weighted by Crippen LogP contribution is -1.99. The van der Waals surface area contributed by atoms with E-state index in [4.69, 9.17) is 4.74 Å². The van der Waals surface area contributed by atoms with Crippen LogP contribution in [-0.4, -0.2) is 5.11 Å². The lowest BCUT2D eigenvalue weighted by atomic mass is 10.1. The van der Waals surface area contributed by atoms with Gasteiger partial charge in [0.2, 0.25) is 0 Å². The van der Waals surface area contributed by atoms with Crippen LogP contribution in [0.3, 0.4) is 0 Å². The van der Waals surface area contributed by atoms with E-state index < -0.39 is 11.9 Å². The number of aliphatic hydroxyl groups is 1. The first-order valence-corrected chi connectivity index (χ1v) is 5.91. The van der Waals surface area contributed by atoms with E-state index in [0.29, 0.717) is 17.7 Å². The van der Waals surface area contributed by atoms with Gasteiger partial charge in [0.1, 0.15) is 5.75 Å². The Morgan fingerprint density at radius 1 is 1.06 bits per heavy atom. The number of benzene rings is 2. The normalized spacial score (nSPS) is 12.2.